The van der Waals surface area contributed by atoms with Gasteiger partial charge in [0, 0.05) is 25.6 Å². The van der Waals surface area contributed by atoms with Gasteiger partial charge in [0.25, 0.3) is 0 Å². The fourth-order valence-corrected chi connectivity index (χ4v) is 4.68. The Labute approximate surface area is 136 Å². The Hall–Kier alpha value is -0.280. The van der Waals surface area contributed by atoms with E-state index in [1.807, 2.05) is 7.05 Å². The van der Waals surface area contributed by atoms with Crippen molar-refractivity contribution < 1.29 is 4.79 Å². The third-order valence-corrected chi connectivity index (χ3v) is 5.08. The molecule has 0 bridgehead atoms. The second-order valence-electron chi connectivity index (χ2n) is 7.92. The molecule has 2 fully saturated rings. The molecule has 1 saturated heterocycles. The Morgan fingerprint density at radius 3 is 2.67 bits per heavy atom. The predicted molar refractivity (Wildman–Crippen MR) is 90.8 cm³/mol. The molecule has 0 aromatic rings. The van der Waals surface area contributed by atoms with Gasteiger partial charge >= 0.3 is 0 Å². The summed E-state index contributed by atoms with van der Waals surface area (Å²) in [4.78, 5) is 14.8. The van der Waals surface area contributed by atoms with Crippen LogP contribution in [-0.2, 0) is 4.79 Å². The van der Waals surface area contributed by atoms with Gasteiger partial charge in [-0.25, -0.2) is 0 Å². The molecule has 4 heteroatoms. The lowest BCUT2D eigenvalue weighted by Crippen LogP contribution is -2.42. The molecule has 1 saturated carbocycles. The summed E-state index contributed by atoms with van der Waals surface area (Å²) in [6.07, 6.45) is 6.87. The van der Waals surface area contributed by atoms with E-state index in [4.69, 9.17) is 0 Å². The van der Waals surface area contributed by atoms with Gasteiger partial charge in [-0.15, -0.1) is 12.4 Å². The number of likely N-dealkylation sites (tertiary alicyclic amines) is 1. The molecule has 0 spiro atoms. The van der Waals surface area contributed by atoms with Crippen molar-refractivity contribution in [1.29, 1.82) is 0 Å². The zero-order chi connectivity index (χ0) is 14.8. The number of hydrogen-bond donors (Lipinski definition) is 1. The maximum atomic E-state index is 12.6. The first kappa shape index (κ1) is 18.8. The summed E-state index contributed by atoms with van der Waals surface area (Å²) in [7, 11) is 1.98. The summed E-state index contributed by atoms with van der Waals surface area (Å²) >= 11 is 0. The second-order valence-corrected chi connectivity index (χ2v) is 7.92. The van der Waals surface area contributed by atoms with Crippen LogP contribution in [0.5, 0.6) is 0 Å². The van der Waals surface area contributed by atoms with Gasteiger partial charge in [0.1, 0.15) is 0 Å². The summed E-state index contributed by atoms with van der Waals surface area (Å²) < 4.78 is 0. The molecule has 1 aliphatic heterocycles. The first-order chi connectivity index (χ1) is 9.41. The van der Waals surface area contributed by atoms with Gasteiger partial charge in [0.15, 0.2) is 0 Å². The maximum absolute atomic E-state index is 12.6. The van der Waals surface area contributed by atoms with E-state index in [1.54, 1.807) is 0 Å². The fourth-order valence-electron chi connectivity index (χ4n) is 4.68. The molecule has 2 aliphatic rings. The maximum Gasteiger partial charge on any atom is 0.223 e. The van der Waals surface area contributed by atoms with E-state index >= 15 is 0 Å². The molecule has 21 heavy (non-hydrogen) atoms. The van der Waals surface area contributed by atoms with Crippen molar-refractivity contribution in [3.05, 3.63) is 0 Å². The summed E-state index contributed by atoms with van der Waals surface area (Å²) in [6, 6.07) is 0.432. The SMILES string of the molecule is CNCC1CCCN1C(=O)CC1CC(C)CC(C)(C)C1.Cl. The molecule has 2 rings (SSSR count). The summed E-state index contributed by atoms with van der Waals surface area (Å²) in [5.41, 5.74) is 0.415. The molecular weight excluding hydrogens is 284 g/mol. The van der Waals surface area contributed by atoms with Crippen LogP contribution in [0.15, 0.2) is 0 Å². The largest absolute Gasteiger partial charge is 0.338 e. The average Bonchev–Trinajstić information content (AvgIpc) is 2.74. The number of hydrogen-bond acceptors (Lipinski definition) is 2. The quantitative estimate of drug-likeness (QED) is 0.861. The van der Waals surface area contributed by atoms with Crippen LogP contribution in [-0.4, -0.2) is 37.0 Å². The lowest BCUT2D eigenvalue weighted by atomic mass is 9.67. The van der Waals surface area contributed by atoms with E-state index in [0.29, 0.717) is 23.3 Å². The molecule has 124 valence electrons. The van der Waals surface area contributed by atoms with Crippen molar-refractivity contribution in [2.24, 2.45) is 17.3 Å². The van der Waals surface area contributed by atoms with E-state index in [0.717, 1.165) is 25.4 Å². The van der Waals surface area contributed by atoms with Crippen molar-refractivity contribution in [2.45, 2.75) is 65.3 Å². The normalized spacial score (nSPS) is 31.8. The van der Waals surface area contributed by atoms with E-state index in [9.17, 15) is 4.79 Å². The Morgan fingerprint density at radius 2 is 2.05 bits per heavy atom. The number of nitrogens with zero attached hydrogens (tertiary/aromatic N) is 1. The first-order valence-electron chi connectivity index (χ1n) is 8.35. The summed E-state index contributed by atoms with van der Waals surface area (Å²) in [5.74, 6) is 1.76. The third kappa shape index (κ3) is 5.14. The molecule has 0 aromatic carbocycles. The molecule has 1 aliphatic carbocycles. The summed E-state index contributed by atoms with van der Waals surface area (Å²) in [6.45, 7) is 8.98. The van der Waals surface area contributed by atoms with Gasteiger partial charge in [-0.1, -0.05) is 20.8 Å². The van der Waals surface area contributed by atoms with E-state index in [1.165, 1.54) is 32.1 Å². The number of carbonyl (C=O) groups is 1. The van der Waals surface area contributed by atoms with Crippen LogP contribution < -0.4 is 5.32 Å². The highest BCUT2D eigenvalue weighted by molar-refractivity contribution is 5.85. The second kappa shape index (κ2) is 7.82. The Kier molecular flexibility index (Phi) is 6.99. The van der Waals surface area contributed by atoms with E-state index in [2.05, 4.69) is 31.0 Å². The minimum atomic E-state index is 0. The zero-order valence-electron chi connectivity index (χ0n) is 14.2. The van der Waals surface area contributed by atoms with Crippen LogP contribution >= 0.6 is 12.4 Å². The van der Waals surface area contributed by atoms with Crippen LogP contribution in [0.2, 0.25) is 0 Å². The van der Waals surface area contributed by atoms with Crippen LogP contribution in [0.1, 0.15) is 59.3 Å². The Morgan fingerprint density at radius 1 is 1.33 bits per heavy atom. The topological polar surface area (TPSA) is 32.3 Å². The van der Waals surface area contributed by atoms with Gasteiger partial charge < -0.3 is 10.2 Å². The number of halogens is 1. The van der Waals surface area contributed by atoms with Crippen molar-refractivity contribution in [2.75, 3.05) is 20.1 Å². The van der Waals surface area contributed by atoms with Crippen LogP contribution in [0.25, 0.3) is 0 Å². The standard InChI is InChI=1S/C17H32N2O.ClH/c1-13-8-14(11-17(2,3)10-13)9-16(20)19-7-5-6-15(19)12-18-4;/h13-15,18H,5-12H2,1-4H3;1H. The van der Waals surface area contributed by atoms with Crippen LogP contribution in [0, 0.1) is 17.3 Å². The van der Waals surface area contributed by atoms with Gasteiger partial charge in [0.2, 0.25) is 5.91 Å². The summed E-state index contributed by atoms with van der Waals surface area (Å²) in [5, 5.41) is 3.22. The molecule has 1 N–H and O–H groups in total. The molecule has 0 radical (unpaired) electrons. The van der Waals surface area contributed by atoms with E-state index < -0.39 is 0 Å². The zero-order valence-corrected chi connectivity index (χ0v) is 15.0. The highest BCUT2D eigenvalue weighted by atomic mass is 35.5. The number of likely N-dealkylation sites (N-methyl/N-ethyl adjacent to an activating group) is 1. The van der Waals surface area contributed by atoms with Gasteiger partial charge in [-0.3, -0.25) is 4.79 Å². The van der Waals surface area contributed by atoms with Crippen molar-refractivity contribution in [3.63, 3.8) is 0 Å². The number of carbonyl (C=O) groups excluding carboxylic acids is 1. The Bertz CT molecular complexity index is 346. The molecule has 3 nitrogen and oxygen atoms in total. The molecule has 1 heterocycles. The number of nitrogens with one attached hydrogen (secondary N) is 1. The highest BCUT2D eigenvalue weighted by Gasteiger charge is 2.35. The minimum Gasteiger partial charge on any atom is -0.338 e. The third-order valence-electron chi connectivity index (χ3n) is 5.08. The van der Waals surface area contributed by atoms with E-state index in [-0.39, 0.29) is 12.4 Å². The van der Waals surface area contributed by atoms with Gasteiger partial charge in [0.05, 0.1) is 0 Å². The van der Waals surface area contributed by atoms with Crippen LogP contribution in [0.4, 0.5) is 0 Å². The smallest absolute Gasteiger partial charge is 0.223 e. The monoisotopic (exact) mass is 316 g/mol. The first-order valence-corrected chi connectivity index (χ1v) is 8.35. The predicted octanol–water partition coefficient (Wildman–Crippen LogP) is 3.47. The Balaban J connectivity index is 0.00000220. The van der Waals surface area contributed by atoms with Crippen LogP contribution in [0.3, 0.4) is 0 Å². The van der Waals surface area contributed by atoms with Crippen molar-refractivity contribution in [1.82, 2.24) is 10.2 Å². The molecule has 3 atom stereocenters. The van der Waals surface area contributed by atoms with Crippen molar-refractivity contribution in [3.8, 4) is 0 Å². The van der Waals surface area contributed by atoms with Gasteiger partial charge in [-0.05, 0) is 56.4 Å². The molecule has 0 aromatic heterocycles. The highest BCUT2D eigenvalue weighted by Crippen LogP contribution is 2.43. The minimum absolute atomic E-state index is 0. The van der Waals surface area contributed by atoms with Crippen molar-refractivity contribution >= 4 is 18.3 Å². The number of rotatable bonds is 4. The number of amides is 1. The molecule has 3 unspecified atom stereocenters. The lowest BCUT2D eigenvalue weighted by Gasteiger charge is -2.39. The van der Waals surface area contributed by atoms with Gasteiger partial charge in [-0.2, -0.15) is 0 Å². The molecule has 1 amide bonds. The lowest BCUT2D eigenvalue weighted by molar-refractivity contribution is -0.133. The fraction of sp³-hybridized carbons (Fsp3) is 0.941. The molecular formula is C17H33ClN2O. The average molecular weight is 317 g/mol.